The van der Waals surface area contributed by atoms with E-state index in [1.807, 2.05) is 0 Å². The third-order valence-corrected chi connectivity index (χ3v) is 2.12. The molecule has 0 radical (unpaired) electrons. The van der Waals surface area contributed by atoms with Crippen LogP contribution in [-0.4, -0.2) is 18.0 Å². The number of carbonyl (C=O) groups is 2. The van der Waals surface area contributed by atoms with Crippen LogP contribution >= 0.6 is 0 Å². The lowest BCUT2D eigenvalue weighted by atomic mass is 10.1. The second-order valence-electron chi connectivity index (χ2n) is 3.57. The van der Waals surface area contributed by atoms with Gasteiger partial charge in [-0.3, -0.25) is 9.59 Å². The average Bonchev–Trinajstić information content (AvgIpc) is 2.26. The summed E-state index contributed by atoms with van der Waals surface area (Å²) in [6, 6.07) is 1.19. The minimum atomic E-state index is -5.25. The fraction of sp³-hybridized carbons (Fsp3) is 0.200. The zero-order valence-corrected chi connectivity index (χ0v) is 9.39. The van der Waals surface area contributed by atoms with E-state index in [1.54, 1.807) is 0 Å². The third kappa shape index (κ3) is 3.62. The van der Waals surface area contributed by atoms with Crippen molar-refractivity contribution < 1.29 is 35.9 Å². The van der Waals surface area contributed by atoms with Crippen molar-refractivity contribution in [3.05, 3.63) is 29.3 Å². The van der Waals surface area contributed by atoms with Gasteiger partial charge in [-0.05, 0) is 18.2 Å². The molecule has 0 bridgehead atoms. The molecule has 1 aromatic carbocycles. The number of rotatable bonds is 2. The highest BCUT2D eigenvalue weighted by molar-refractivity contribution is 6.04. The van der Waals surface area contributed by atoms with E-state index in [0.29, 0.717) is 12.1 Å². The van der Waals surface area contributed by atoms with Gasteiger partial charge in [-0.2, -0.15) is 26.3 Å². The van der Waals surface area contributed by atoms with Crippen LogP contribution in [0.4, 0.5) is 32.0 Å². The number of hydrogen-bond donors (Lipinski definition) is 2. The Morgan fingerprint density at radius 1 is 1.05 bits per heavy atom. The highest BCUT2D eigenvalue weighted by atomic mass is 19.4. The third-order valence-electron chi connectivity index (χ3n) is 2.12. The summed E-state index contributed by atoms with van der Waals surface area (Å²) in [6.45, 7) is 0. The molecule has 0 fully saturated rings. The Bertz CT molecular complexity index is 550. The largest absolute Gasteiger partial charge is 0.471 e. The molecule has 20 heavy (non-hydrogen) atoms. The Morgan fingerprint density at radius 3 is 2.00 bits per heavy atom. The number of amides is 2. The van der Waals surface area contributed by atoms with E-state index in [0.717, 1.165) is 0 Å². The van der Waals surface area contributed by atoms with Gasteiger partial charge in [0.25, 0.3) is 5.91 Å². The lowest BCUT2D eigenvalue weighted by Gasteiger charge is -2.13. The van der Waals surface area contributed by atoms with Crippen molar-refractivity contribution in [1.29, 1.82) is 0 Å². The first kappa shape index (κ1) is 15.8. The molecule has 1 aromatic rings. The second-order valence-corrected chi connectivity index (χ2v) is 3.57. The number of hydrogen-bond acceptors (Lipinski definition) is 2. The van der Waals surface area contributed by atoms with E-state index >= 15 is 0 Å². The molecule has 0 unspecified atom stereocenters. The Balaban J connectivity index is 3.22. The summed E-state index contributed by atoms with van der Waals surface area (Å²) in [5, 5.41) is 1.28. The predicted molar refractivity (Wildman–Crippen MR) is 54.6 cm³/mol. The molecule has 3 N–H and O–H groups in total. The van der Waals surface area contributed by atoms with E-state index in [-0.39, 0.29) is 6.07 Å². The van der Waals surface area contributed by atoms with Crippen LogP contribution in [0.25, 0.3) is 0 Å². The molecule has 0 saturated carbocycles. The van der Waals surface area contributed by atoms with Crippen molar-refractivity contribution in [3.8, 4) is 0 Å². The molecule has 0 atom stereocenters. The van der Waals surface area contributed by atoms with Gasteiger partial charge in [-0.1, -0.05) is 0 Å². The van der Waals surface area contributed by atoms with Gasteiger partial charge in [-0.15, -0.1) is 0 Å². The van der Waals surface area contributed by atoms with Crippen LogP contribution in [0.1, 0.15) is 15.9 Å². The zero-order chi connectivity index (χ0) is 15.7. The van der Waals surface area contributed by atoms with Crippen LogP contribution in [0.2, 0.25) is 0 Å². The molecule has 0 aliphatic carbocycles. The fourth-order valence-electron chi connectivity index (χ4n) is 1.23. The van der Waals surface area contributed by atoms with Gasteiger partial charge in [0, 0.05) is 0 Å². The van der Waals surface area contributed by atoms with E-state index in [2.05, 4.69) is 0 Å². The average molecular weight is 300 g/mol. The Labute approximate surface area is 107 Å². The second kappa shape index (κ2) is 5.02. The maximum atomic E-state index is 12.4. The number of anilines is 1. The highest BCUT2D eigenvalue weighted by Crippen LogP contribution is 2.32. The summed E-state index contributed by atoms with van der Waals surface area (Å²) in [6.07, 6.45) is -10.1. The molecular weight excluding hydrogens is 294 g/mol. The summed E-state index contributed by atoms with van der Waals surface area (Å²) in [5.74, 6) is -3.84. The first-order chi connectivity index (χ1) is 8.93. The number of primary amides is 1. The van der Waals surface area contributed by atoms with Crippen molar-refractivity contribution in [2.75, 3.05) is 5.32 Å². The Kier molecular flexibility index (Phi) is 3.97. The number of benzene rings is 1. The molecule has 10 heteroatoms. The van der Waals surface area contributed by atoms with Gasteiger partial charge in [0.05, 0.1) is 16.8 Å². The van der Waals surface area contributed by atoms with Crippen molar-refractivity contribution >= 4 is 17.5 Å². The summed E-state index contributed by atoms with van der Waals surface area (Å²) in [7, 11) is 0. The molecule has 0 saturated heterocycles. The van der Waals surface area contributed by atoms with Crippen molar-refractivity contribution in [1.82, 2.24) is 0 Å². The monoisotopic (exact) mass is 300 g/mol. The lowest BCUT2D eigenvalue weighted by molar-refractivity contribution is -0.167. The molecule has 1 rings (SSSR count). The molecule has 0 spiro atoms. The van der Waals surface area contributed by atoms with Gasteiger partial charge in [0.1, 0.15) is 0 Å². The van der Waals surface area contributed by atoms with Gasteiger partial charge < -0.3 is 11.1 Å². The summed E-state index contributed by atoms with van der Waals surface area (Å²) in [5.41, 5.74) is 1.86. The first-order valence-electron chi connectivity index (χ1n) is 4.82. The molecule has 4 nitrogen and oxygen atoms in total. The van der Waals surface area contributed by atoms with E-state index in [1.165, 1.54) is 5.32 Å². The van der Waals surface area contributed by atoms with Crippen molar-refractivity contribution in [2.45, 2.75) is 12.4 Å². The van der Waals surface area contributed by atoms with Crippen LogP contribution < -0.4 is 11.1 Å². The van der Waals surface area contributed by atoms with Crippen LogP contribution in [-0.2, 0) is 11.0 Å². The maximum Gasteiger partial charge on any atom is 0.471 e. The van der Waals surface area contributed by atoms with Gasteiger partial charge in [0.2, 0.25) is 0 Å². The number of carbonyl (C=O) groups excluding carboxylic acids is 2. The van der Waals surface area contributed by atoms with E-state index in [9.17, 15) is 35.9 Å². The minimum Gasteiger partial charge on any atom is -0.366 e. The number of nitrogens with two attached hydrogens (primary N) is 1. The fourth-order valence-corrected chi connectivity index (χ4v) is 1.23. The number of alkyl halides is 6. The highest BCUT2D eigenvalue weighted by Gasteiger charge is 2.39. The van der Waals surface area contributed by atoms with Crippen LogP contribution in [0.15, 0.2) is 18.2 Å². The maximum absolute atomic E-state index is 12.4. The van der Waals surface area contributed by atoms with Crippen LogP contribution in [0.3, 0.4) is 0 Å². The Morgan fingerprint density at radius 2 is 1.60 bits per heavy atom. The van der Waals surface area contributed by atoms with Gasteiger partial charge >= 0.3 is 18.3 Å². The molecule has 110 valence electrons. The standard InChI is InChI=1S/C10H6F6N2O2/c11-9(12,13)4-1-2-6(5(3-4)7(17)19)18-8(20)10(14,15)16/h1-3H,(H2,17,19)(H,18,20). The van der Waals surface area contributed by atoms with Gasteiger partial charge in [0.15, 0.2) is 0 Å². The molecule has 0 heterocycles. The normalized spacial score (nSPS) is 12.1. The summed E-state index contributed by atoms with van der Waals surface area (Å²) >= 11 is 0. The molecule has 0 aromatic heterocycles. The zero-order valence-electron chi connectivity index (χ0n) is 9.39. The molecular formula is C10H6F6N2O2. The molecule has 2 amide bonds. The van der Waals surface area contributed by atoms with Crippen molar-refractivity contribution in [3.63, 3.8) is 0 Å². The predicted octanol–water partition coefficient (Wildman–Crippen LogP) is 2.31. The minimum absolute atomic E-state index is 0.258. The SMILES string of the molecule is NC(=O)c1cc(C(F)(F)F)ccc1NC(=O)C(F)(F)F. The quantitative estimate of drug-likeness (QED) is 0.823. The number of nitrogens with one attached hydrogen (secondary N) is 1. The smallest absolute Gasteiger partial charge is 0.366 e. The van der Waals surface area contributed by atoms with E-state index < -0.39 is 41.0 Å². The summed E-state index contributed by atoms with van der Waals surface area (Å²) in [4.78, 5) is 21.6. The topological polar surface area (TPSA) is 72.2 Å². The Hall–Kier alpha value is -2.26. The number of halogens is 6. The summed E-state index contributed by atoms with van der Waals surface area (Å²) < 4.78 is 73.3. The van der Waals surface area contributed by atoms with Crippen LogP contribution in [0.5, 0.6) is 0 Å². The van der Waals surface area contributed by atoms with Crippen LogP contribution in [0, 0.1) is 0 Å². The molecule has 0 aliphatic heterocycles. The van der Waals surface area contributed by atoms with Gasteiger partial charge in [-0.25, -0.2) is 0 Å². The molecule has 0 aliphatic rings. The van der Waals surface area contributed by atoms with Crippen molar-refractivity contribution in [2.24, 2.45) is 5.73 Å². The first-order valence-corrected chi connectivity index (χ1v) is 4.82. The lowest BCUT2D eigenvalue weighted by Crippen LogP contribution is -2.31. The van der Waals surface area contributed by atoms with E-state index in [4.69, 9.17) is 5.73 Å².